The average molecular weight is 240 g/mol. The van der Waals surface area contributed by atoms with Crippen molar-refractivity contribution in [3.63, 3.8) is 0 Å². The summed E-state index contributed by atoms with van der Waals surface area (Å²) in [4.78, 5) is 17.1. The van der Waals surface area contributed by atoms with Crippen molar-refractivity contribution in [2.75, 3.05) is 13.1 Å². The number of aromatic nitrogens is 1. The van der Waals surface area contributed by atoms with E-state index in [0.717, 1.165) is 12.2 Å². The first-order valence-electron chi connectivity index (χ1n) is 5.50. The van der Waals surface area contributed by atoms with Crippen molar-refractivity contribution >= 4 is 17.3 Å². The molecule has 0 aromatic carbocycles. The van der Waals surface area contributed by atoms with Crippen LogP contribution in [0.3, 0.4) is 0 Å². The summed E-state index contributed by atoms with van der Waals surface area (Å²) in [6.45, 7) is 3.01. The lowest BCUT2D eigenvalue weighted by Crippen LogP contribution is -2.34. The molecule has 2 rings (SSSR count). The Kier molecular flexibility index (Phi) is 3.56. The highest BCUT2D eigenvalue weighted by atomic mass is 32.1. The van der Waals surface area contributed by atoms with Crippen LogP contribution in [0.15, 0.2) is 10.9 Å². The van der Waals surface area contributed by atoms with Gasteiger partial charge in [0.1, 0.15) is 0 Å². The molecule has 1 heterocycles. The number of nitrogens with zero attached hydrogens (tertiary/aromatic N) is 2. The monoisotopic (exact) mass is 240 g/mol. The number of hydrogen-bond acceptors (Lipinski definition) is 4. The fourth-order valence-corrected chi connectivity index (χ4v) is 2.42. The van der Waals surface area contributed by atoms with Gasteiger partial charge in [-0.2, -0.15) is 0 Å². The van der Waals surface area contributed by atoms with Crippen molar-refractivity contribution in [2.45, 2.75) is 25.8 Å². The second-order valence-corrected chi connectivity index (χ2v) is 5.07. The quantitative estimate of drug-likeness (QED) is 0.826. The molecule has 1 aliphatic carbocycles. The van der Waals surface area contributed by atoms with Crippen LogP contribution >= 0.6 is 11.3 Å². The van der Waals surface area contributed by atoms with Crippen molar-refractivity contribution < 1.29 is 9.90 Å². The van der Waals surface area contributed by atoms with Gasteiger partial charge in [0.2, 0.25) is 0 Å². The van der Waals surface area contributed by atoms with Crippen molar-refractivity contribution in [2.24, 2.45) is 5.92 Å². The molecule has 5 heteroatoms. The summed E-state index contributed by atoms with van der Waals surface area (Å²) in [5.41, 5.74) is 2.77. The SMILES string of the molecule is CC(c1cscn1)N(CC(=O)O)CC1CC1. The Morgan fingerprint density at radius 1 is 1.75 bits per heavy atom. The summed E-state index contributed by atoms with van der Waals surface area (Å²) in [7, 11) is 0. The van der Waals surface area contributed by atoms with Gasteiger partial charge in [-0.1, -0.05) is 0 Å². The van der Waals surface area contributed by atoms with Crippen LogP contribution in [0, 0.1) is 5.92 Å². The zero-order valence-corrected chi connectivity index (χ0v) is 10.1. The molecule has 1 N–H and O–H groups in total. The number of hydrogen-bond donors (Lipinski definition) is 1. The maximum Gasteiger partial charge on any atom is 0.317 e. The minimum absolute atomic E-state index is 0.1000. The smallest absolute Gasteiger partial charge is 0.317 e. The Bertz CT molecular complexity index is 349. The van der Waals surface area contributed by atoms with E-state index < -0.39 is 5.97 Å². The molecule has 1 aromatic heterocycles. The minimum atomic E-state index is -0.761. The van der Waals surface area contributed by atoms with Crippen LogP contribution in [0.1, 0.15) is 31.5 Å². The Hall–Kier alpha value is -0.940. The van der Waals surface area contributed by atoms with Gasteiger partial charge in [-0.25, -0.2) is 4.98 Å². The summed E-state index contributed by atoms with van der Waals surface area (Å²) >= 11 is 1.55. The van der Waals surface area contributed by atoms with Gasteiger partial charge in [0.05, 0.1) is 23.8 Å². The lowest BCUT2D eigenvalue weighted by molar-refractivity contribution is -0.139. The Labute approximate surface area is 98.9 Å². The first-order valence-corrected chi connectivity index (χ1v) is 6.45. The molecule has 4 nitrogen and oxygen atoms in total. The molecular formula is C11H16N2O2S. The predicted octanol–water partition coefficient (Wildman–Crippen LogP) is 2.00. The highest BCUT2D eigenvalue weighted by molar-refractivity contribution is 7.07. The summed E-state index contributed by atoms with van der Waals surface area (Å²) in [6, 6.07) is 0.1000. The molecular weight excluding hydrogens is 224 g/mol. The summed E-state index contributed by atoms with van der Waals surface area (Å²) in [5, 5.41) is 10.9. The lowest BCUT2D eigenvalue weighted by Gasteiger charge is -2.26. The second kappa shape index (κ2) is 4.93. The van der Waals surface area contributed by atoms with Gasteiger partial charge < -0.3 is 5.11 Å². The molecule has 1 unspecified atom stereocenters. The molecule has 1 aliphatic rings. The van der Waals surface area contributed by atoms with E-state index in [2.05, 4.69) is 4.98 Å². The van der Waals surface area contributed by atoms with Crippen molar-refractivity contribution in [3.8, 4) is 0 Å². The first-order chi connectivity index (χ1) is 7.66. The molecule has 0 spiro atoms. The molecule has 1 atom stereocenters. The third-order valence-electron chi connectivity index (χ3n) is 2.96. The Balaban J connectivity index is 2.01. The van der Waals surface area contributed by atoms with Crippen LogP contribution < -0.4 is 0 Å². The van der Waals surface area contributed by atoms with Crippen LogP contribution in [-0.4, -0.2) is 34.0 Å². The zero-order chi connectivity index (χ0) is 11.5. The maximum absolute atomic E-state index is 10.8. The van der Waals surface area contributed by atoms with Crippen molar-refractivity contribution in [1.82, 2.24) is 9.88 Å². The van der Waals surface area contributed by atoms with E-state index in [1.807, 2.05) is 17.2 Å². The van der Waals surface area contributed by atoms with Gasteiger partial charge >= 0.3 is 5.97 Å². The third-order valence-corrected chi connectivity index (χ3v) is 3.56. The fourth-order valence-electron chi connectivity index (χ4n) is 1.78. The summed E-state index contributed by atoms with van der Waals surface area (Å²) in [5.74, 6) is -0.0665. The first kappa shape index (κ1) is 11.5. The second-order valence-electron chi connectivity index (χ2n) is 4.36. The van der Waals surface area contributed by atoms with E-state index in [1.54, 1.807) is 16.8 Å². The van der Waals surface area contributed by atoms with Gasteiger partial charge in [0.15, 0.2) is 0 Å². The highest BCUT2D eigenvalue weighted by Gasteiger charge is 2.28. The van der Waals surface area contributed by atoms with Crippen LogP contribution in [0.25, 0.3) is 0 Å². The van der Waals surface area contributed by atoms with Crippen LogP contribution in [-0.2, 0) is 4.79 Å². The van der Waals surface area contributed by atoms with E-state index in [9.17, 15) is 4.79 Å². The summed E-state index contributed by atoms with van der Waals surface area (Å²) < 4.78 is 0. The van der Waals surface area contributed by atoms with E-state index in [-0.39, 0.29) is 12.6 Å². The number of carboxylic acids is 1. The van der Waals surface area contributed by atoms with E-state index >= 15 is 0 Å². The summed E-state index contributed by atoms with van der Waals surface area (Å²) in [6.07, 6.45) is 2.47. The van der Waals surface area contributed by atoms with Crippen LogP contribution in [0.4, 0.5) is 0 Å². The lowest BCUT2D eigenvalue weighted by atomic mass is 10.2. The topological polar surface area (TPSA) is 53.4 Å². The number of carbonyl (C=O) groups is 1. The van der Waals surface area contributed by atoms with Gasteiger partial charge in [-0.05, 0) is 25.7 Å². The van der Waals surface area contributed by atoms with E-state index in [0.29, 0.717) is 5.92 Å². The van der Waals surface area contributed by atoms with Gasteiger partial charge in [-0.3, -0.25) is 9.69 Å². The molecule has 88 valence electrons. The molecule has 1 fully saturated rings. The molecule has 0 saturated heterocycles. The fraction of sp³-hybridized carbons (Fsp3) is 0.636. The van der Waals surface area contributed by atoms with Crippen molar-refractivity contribution in [3.05, 3.63) is 16.6 Å². The Morgan fingerprint density at radius 2 is 2.50 bits per heavy atom. The van der Waals surface area contributed by atoms with E-state index in [1.165, 1.54) is 12.8 Å². The van der Waals surface area contributed by atoms with Gasteiger partial charge in [-0.15, -0.1) is 11.3 Å². The number of rotatable bonds is 6. The number of aliphatic carboxylic acids is 1. The minimum Gasteiger partial charge on any atom is -0.480 e. The Morgan fingerprint density at radius 3 is 3.00 bits per heavy atom. The number of thiazole rings is 1. The predicted molar refractivity (Wildman–Crippen MR) is 62.5 cm³/mol. The van der Waals surface area contributed by atoms with Crippen LogP contribution in [0.2, 0.25) is 0 Å². The maximum atomic E-state index is 10.8. The van der Waals surface area contributed by atoms with E-state index in [4.69, 9.17) is 5.11 Å². The molecule has 0 amide bonds. The van der Waals surface area contributed by atoms with Crippen molar-refractivity contribution in [1.29, 1.82) is 0 Å². The number of carboxylic acid groups (broad SMARTS) is 1. The molecule has 16 heavy (non-hydrogen) atoms. The molecule has 1 aromatic rings. The normalized spacial score (nSPS) is 17.6. The average Bonchev–Trinajstić information content (AvgIpc) is 2.88. The molecule has 0 radical (unpaired) electrons. The zero-order valence-electron chi connectivity index (χ0n) is 9.30. The largest absolute Gasteiger partial charge is 0.480 e. The highest BCUT2D eigenvalue weighted by Crippen LogP contribution is 2.32. The molecule has 0 bridgehead atoms. The molecule has 1 saturated carbocycles. The molecule has 0 aliphatic heterocycles. The van der Waals surface area contributed by atoms with Gasteiger partial charge in [0.25, 0.3) is 0 Å². The van der Waals surface area contributed by atoms with Crippen LogP contribution in [0.5, 0.6) is 0 Å². The van der Waals surface area contributed by atoms with Gasteiger partial charge in [0, 0.05) is 11.9 Å². The third kappa shape index (κ3) is 3.02. The standard InChI is InChI=1S/C11H16N2O2S/c1-8(10-6-16-7-12-10)13(5-11(14)15)4-9-2-3-9/h6-9H,2-5H2,1H3,(H,14,15).